The molecule has 1 aromatic heterocycles. The Morgan fingerprint density at radius 3 is 2.32 bits per heavy atom. The summed E-state index contributed by atoms with van der Waals surface area (Å²) in [5.41, 5.74) is 5.24. The molecule has 2 saturated carbocycles. The monoisotopic (exact) mass is 550 g/mol. The lowest BCUT2D eigenvalue weighted by Gasteiger charge is -2.32. The minimum Gasteiger partial charge on any atom is -0.449 e. The van der Waals surface area contributed by atoms with Crippen LogP contribution in [0.5, 0.6) is 5.75 Å². The molecule has 3 aromatic rings. The van der Waals surface area contributed by atoms with E-state index >= 15 is 0 Å². The number of halogens is 2. The van der Waals surface area contributed by atoms with Gasteiger partial charge in [-0.15, -0.1) is 11.3 Å². The van der Waals surface area contributed by atoms with Gasteiger partial charge in [0.15, 0.2) is 9.84 Å². The van der Waals surface area contributed by atoms with E-state index in [9.17, 15) is 26.8 Å². The van der Waals surface area contributed by atoms with Crippen LogP contribution in [0, 0.1) is 5.92 Å². The van der Waals surface area contributed by atoms with E-state index in [0.29, 0.717) is 28.6 Å². The predicted octanol–water partition coefficient (Wildman–Crippen LogP) is 4.54. The summed E-state index contributed by atoms with van der Waals surface area (Å²) < 4.78 is 58.8. The van der Waals surface area contributed by atoms with Crippen LogP contribution < -0.4 is 10.5 Å². The molecule has 2 aromatic carbocycles. The topological polar surface area (TPSA) is 137 Å². The van der Waals surface area contributed by atoms with E-state index in [1.165, 1.54) is 42.5 Å². The van der Waals surface area contributed by atoms with Crippen molar-refractivity contribution in [2.45, 2.75) is 60.0 Å². The van der Waals surface area contributed by atoms with Crippen molar-refractivity contribution in [3.63, 3.8) is 0 Å². The van der Waals surface area contributed by atoms with Crippen LogP contribution >= 0.6 is 11.3 Å². The first-order valence-corrected chi connectivity index (χ1v) is 14.1. The molecule has 196 valence electrons. The first-order valence-electron chi connectivity index (χ1n) is 11.7. The predicted molar refractivity (Wildman–Crippen MR) is 132 cm³/mol. The van der Waals surface area contributed by atoms with Gasteiger partial charge in [-0.25, -0.2) is 27.0 Å². The van der Waals surface area contributed by atoms with E-state index in [1.807, 2.05) is 0 Å². The molecule has 3 N–H and O–H groups in total. The Kier molecular flexibility index (Phi) is 6.43. The summed E-state index contributed by atoms with van der Waals surface area (Å²) in [6, 6.07) is 10.3. The van der Waals surface area contributed by atoms with Crippen molar-refractivity contribution < 1.29 is 36.6 Å². The highest BCUT2D eigenvalue weighted by Gasteiger charge is 2.48. The van der Waals surface area contributed by atoms with Gasteiger partial charge in [-0.3, -0.25) is 4.79 Å². The van der Waals surface area contributed by atoms with Gasteiger partial charge in [0.05, 0.1) is 20.4 Å². The summed E-state index contributed by atoms with van der Waals surface area (Å²) in [5, 5.41) is 8.77. The lowest BCUT2D eigenvalue weighted by atomic mass is 9.73. The number of rotatable bonds is 8. The number of alkyl halides is 2. The van der Waals surface area contributed by atoms with E-state index in [-0.39, 0.29) is 34.9 Å². The summed E-state index contributed by atoms with van der Waals surface area (Å²) in [6.07, 6.45) is -3.75. The number of nitrogens with two attached hydrogens (primary N) is 1. The van der Waals surface area contributed by atoms with Gasteiger partial charge >= 0.3 is 6.16 Å². The number of thiazole rings is 1. The largest absolute Gasteiger partial charge is 0.511 e. The van der Waals surface area contributed by atoms with Crippen LogP contribution in [0.25, 0.3) is 10.2 Å². The molecule has 0 radical (unpaired) electrons. The van der Waals surface area contributed by atoms with E-state index in [4.69, 9.17) is 15.6 Å². The van der Waals surface area contributed by atoms with Crippen LogP contribution in [0.4, 0.5) is 13.6 Å². The summed E-state index contributed by atoms with van der Waals surface area (Å²) >= 11 is 1.09. The number of amides is 1. The van der Waals surface area contributed by atoms with Crippen molar-refractivity contribution in [1.82, 2.24) is 4.98 Å². The van der Waals surface area contributed by atoms with Gasteiger partial charge in [0.25, 0.3) is 0 Å². The van der Waals surface area contributed by atoms with Crippen LogP contribution in [0.1, 0.15) is 42.7 Å². The standard InChI is InChI=1S/C25H24F2N2O6S2/c26-18-9-13(10-19(18)27)12-25(22(28)30,14-1-4-16(5-2-14)37(33,34)17-6-7-17)23-29-20-8-3-15(35-24(31)32)11-21(20)36-23/h1-5,8,11,13,17-19H,6-7,9-10,12H2,(H2,28,30)(H,31,32)/t13-,18+,19-,25-/m0/s1. The smallest absolute Gasteiger partial charge is 0.449 e. The molecule has 1 heterocycles. The molecule has 12 heteroatoms. The molecule has 0 unspecified atom stereocenters. The molecule has 2 aliphatic carbocycles. The number of aromatic nitrogens is 1. The second-order valence-electron chi connectivity index (χ2n) is 9.63. The fraction of sp³-hybridized carbons (Fsp3) is 0.400. The highest BCUT2D eigenvalue weighted by Crippen LogP contribution is 2.47. The maximum Gasteiger partial charge on any atom is 0.511 e. The minimum atomic E-state index is -3.48. The number of fused-ring (bicyclic) bond motifs is 1. The molecule has 0 bridgehead atoms. The van der Waals surface area contributed by atoms with Crippen molar-refractivity contribution in [2.75, 3.05) is 0 Å². The number of carbonyl (C=O) groups is 2. The molecule has 37 heavy (non-hydrogen) atoms. The van der Waals surface area contributed by atoms with E-state index in [0.717, 1.165) is 11.3 Å². The summed E-state index contributed by atoms with van der Waals surface area (Å²) in [7, 11) is -3.48. The maximum absolute atomic E-state index is 14.1. The third-order valence-corrected chi connectivity index (χ3v) is 10.6. The average Bonchev–Trinajstić information content (AvgIpc) is 3.55. The van der Waals surface area contributed by atoms with Gasteiger partial charge in [-0.1, -0.05) is 12.1 Å². The second-order valence-corrected chi connectivity index (χ2v) is 12.9. The number of carbonyl (C=O) groups excluding carboxylic acids is 1. The lowest BCUT2D eigenvalue weighted by Crippen LogP contribution is -2.43. The van der Waals surface area contributed by atoms with Gasteiger partial charge in [0.2, 0.25) is 5.91 Å². The normalized spacial score (nSPS) is 23.6. The molecule has 0 spiro atoms. The van der Waals surface area contributed by atoms with Gasteiger partial charge < -0.3 is 15.6 Å². The van der Waals surface area contributed by atoms with Gasteiger partial charge in [0, 0.05) is 6.07 Å². The van der Waals surface area contributed by atoms with Crippen LogP contribution in [0.3, 0.4) is 0 Å². The Morgan fingerprint density at radius 1 is 1.11 bits per heavy atom. The molecule has 2 fully saturated rings. The summed E-state index contributed by atoms with van der Waals surface area (Å²) in [5.74, 6) is -1.24. The number of hydrogen-bond acceptors (Lipinski definition) is 7. The fourth-order valence-electron chi connectivity index (χ4n) is 5.06. The Morgan fingerprint density at radius 2 is 1.76 bits per heavy atom. The molecule has 2 aliphatic rings. The molecular weight excluding hydrogens is 526 g/mol. The summed E-state index contributed by atoms with van der Waals surface area (Å²) in [6.45, 7) is 0. The third kappa shape index (κ3) is 4.68. The highest BCUT2D eigenvalue weighted by atomic mass is 32.2. The zero-order valence-electron chi connectivity index (χ0n) is 19.5. The third-order valence-electron chi connectivity index (χ3n) is 7.09. The van der Waals surface area contributed by atoms with E-state index in [2.05, 4.69) is 4.98 Å². The van der Waals surface area contributed by atoms with Crippen LogP contribution in [-0.4, -0.2) is 48.2 Å². The Hall–Kier alpha value is -3.12. The lowest BCUT2D eigenvalue weighted by molar-refractivity contribution is -0.122. The number of ether oxygens (including phenoxy) is 1. The molecule has 0 saturated heterocycles. The minimum absolute atomic E-state index is 0.0177. The number of nitrogens with zero attached hydrogens (tertiary/aromatic N) is 1. The van der Waals surface area contributed by atoms with Crippen LogP contribution in [0.2, 0.25) is 0 Å². The van der Waals surface area contributed by atoms with Gasteiger partial charge in [-0.05, 0) is 67.9 Å². The van der Waals surface area contributed by atoms with E-state index < -0.39 is 50.8 Å². The Balaban J connectivity index is 1.62. The van der Waals surface area contributed by atoms with Crippen molar-refractivity contribution in [3.8, 4) is 5.75 Å². The zero-order chi connectivity index (χ0) is 26.5. The molecule has 1 amide bonds. The van der Waals surface area contributed by atoms with Crippen molar-refractivity contribution in [2.24, 2.45) is 11.7 Å². The number of sulfone groups is 1. The number of primary amides is 1. The number of benzene rings is 2. The maximum atomic E-state index is 14.1. The van der Waals surface area contributed by atoms with E-state index in [1.54, 1.807) is 0 Å². The number of carboxylic acid groups (broad SMARTS) is 1. The molecule has 4 atom stereocenters. The highest BCUT2D eigenvalue weighted by molar-refractivity contribution is 7.92. The first-order chi connectivity index (χ1) is 17.5. The molecular formula is C25H24F2N2O6S2. The zero-order valence-corrected chi connectivity index (χ0v) is 21.1. The molecule has 5 rings (SSSR count). The van der Waals surface area contributed by atoms with Gasteiger partial charge in [-0.2, -0.15) is 0 Å². The second kappa shape index (κ2) is 9.32. The summed E-state index contributed by atoms with van der Waals surface area (Å²) in [4.78, 5) is 28.9. The number of hydrogen-bond donors (Lipinski definition) is 2. The van der Waals surface area contributed by atoms with Crippen molar-refractivity contribution in [3.05, 3.63) is 53.0 Å². The van der Waals surface area contributed by atoms with Crippen LogP contribution in [0.15, 0.2) is 47.4 Å². The Labute approximate surface area is 215 Å². The fourth-order valence-corrected chi connectivity index (χ4v) is 7.94. The van der Waals surface area contributed by atoms with Gasteiger partial charge in [0.1, 0.15) is 28.5 Å². The Bertz CT molecular complexity index is 1460. The SMILES string of the molecule is NC(=O)[C@](C[C@H]1C[C@@H](F)[C@@H](F)C1)(c1ccc(S(=O)(=O)C2CC2)cc1)c1nc2ccc(OC(=O)O)cc2s1. The quantitative estimate of drug-likeness (QED) is 0.310. The van der Waals surface area contributed by atoms with Crippen molar-refractivity contribution in [1.29, 1.82) is 0 Å². The molecule has 0 aliphatic heterocycles. The molecule has 8 nitrogen and oxygen atoms in total. The first kappa shape index (κ1) is 25.5. The average molecular weight is 551 g/mol. The van der Waals surface area contributed by atoms with Crippen molar-refractivity contribution >= 4 is 43.5 Å². The van der Waals surface area contributed by atoms with Crippen LogP contribution in [-0.2, 0) is 20.0 Å².